The quantitative estimate of drug-likeness (QED) is 0.496. The van der Waals surface area contributed by atoms with Crippen molar-refractivity contribution in [1.82, 2.24) is 0 Å². The van der Waals surface area contributed by atoms with Gasteiger partial charge in [0, 0.05) is 0 Å². The Morgan fingerprint density at radius 2 is 1.71 bits per heavy atom. The van der Waals surface area contributed by atoms with E-state index in [1.54, 1.807) is 0 Å². The van der Waals surface area contributed by atoms with Gasteiger partial charge in [0.2, 0.25) is 0 Å². The van der Waals surface area contributed by atoms with Crippen LogP contribution in [-0.4, -0.2) is 34.7 Å². The molecule has 0 aromatic heterocycles. The molecule has 0 atom stereocenters. The highest BCUT2D eigenvalue weighted by Crippen LogP contribution is 2.18. The smallest absolute Gasteiger partial charge is 0.336 e. The second kappa shape index (κ2) is 5.08. The Labute approximate surface area is 95.4 Å². The number of rotatable bonds is 4. The second-order valence-corrected chi connectivity index (χ2v) is 3.00. The number of hydrogen-bond acceptors (Lipinski definition) is 5. The molecule has 7 nitrogen and oxygen atoms in total. The van der Waals surface area contributed by atoms with Crippen LogP contribution in [0.1, 0.15) is 20.7 Å². The third-order valence-electron chi connectivity index (χ3n) is 1.85. The Balaban J connectivity index is 3.14. The van der Waals surface area contributed by atoms with Crippen LogP contribution in [0.5, 0.6) is 5.75 Å². The summed E-state index contributed by atoms with van der Waals surface area (Å²) in [7, 11) is 0. The summed E-state index contributed by atoms with van der Waals surface area (Å²) in [6.07, 6.45) is 0. The van der Waals surface area contributed by atoms with Crippen LogP contribution >= 0.6 is 0 Å². The van der Waals surface area contributed by atoms with Crippen molar-refractivity contribution in [3.63, 3.8) is 0 Å². The maximum atomic E-state index is 10.9. The first-order valence-corrected chi connectivity index (χ1v) is 4.47. The number of nitrogens with two attached hydrogens (primary N) is 1. The van der Waals surface area contributed by atoms with Gasteiger partial charge in [-0.2, -0.15) is 0 Å². The lowest BCUT2D eigenvalue weighted by Gasteiger charge is -2.05. The highest BCUT2D eigenvalue weighted by molar-refractivity contribution is 6.02. The van der Waals surface area contributed by atoms with Crippen LogP contribution in [-0.2, 0) is 4.79 Å². The SMILES string of the molecule is NCC(=O)Oc1ccc(C(=O)O)c(C(=O)O)c1. The molecule has 0 saturated carbocycles. The Bertz CT molecular complexity index is 482. The van der Waals surface area contributed by atoms with Crippen molar-refractivity contribution in [3.05, 3.63) is 29.3 Å². The molecular formula is C10H9NO6. The van der Waals surface area contributed by atoms with Gasteiger partial charge in [0.05, 0.1) is 17.7 Å². The van der Waals surface area contributed by atoms with Crippen molar-refractivity contribution in [2.24, 2.45) is 5.73 Å². The van der Waals surface area contributed by atoms with Crippen LogP contribution in [0.4, 0.5) is 0 Å². The van der Waals surface area contributed by atoms with Gasteiger partial charge in [0.15, 0.2) is 0 Å². The van der Waals surface area contributed by atoms with Crippen LogP contribution < -0.4 is 10.5 Å². The summed E-state index contributed by atoms with van der Waals surface area (Å²) >= 11 is 0. The molecule has 4 N–H and O–H groups in total. The topological polar surface area (TPSA) is 127 Å². The number of aromatic carboxylic acids is 2. The van der Waals surface area contributed by atoms with E-state index < -0.39 is 23.5 Å². The third kappa shape index (κ3) is 3.02. The van der Waals surface area contributed by atoms with E-state index in [0.717, 1.165) is 12.1 Å². The van der Waals surface area contributed by atoms with Crippen LogP contribution in [0.25, 0.3) is 0 Å². The van der Waals surface area contributed by atoms with Gasteiger partial charge in [-0.05, 0) is 18.2 Å². The van der Waals surface area contributed by atoms with Crippen molar-refractivity contribution in [2.75, 3.05) is 6.54 Å². The van der Waals surface area contributed by atoms with Crippen LogP contribution in [0.2, 0.25) is 0 Å². The maximum absolute atomic E-state index is 10.9. The zero-order valence-electron chi connectivity index (χ0n) is 8.54. The third-order valence-corrected chi connectivity index (χ3v) is 1.85. The Kier molecular flexibility index (Phi) is 3.78. The van der Waals surface area contributed by atoms with Gasteiger partial charge in [-0.25, -0.2) is 9.59 Å². The fourth-order valence-corrected chi connectivity index (χ4v) is 1.12. The first kappa shape index (κ1) is 12.7. The Morgan fingerprint density at radius 3 is 2.18 bits per heavy atom. The van der Waals surface area contributed by atoms with Gasteiger partial charge in [-0.15, -0.1) is 0 Å². The normalized spacial score (nSPS) is 9.71. The van der Waals surface area contributed by atoms with E-state index in [1.807, 2.05) is 0 Å². The molecule has 0 fully saturated rings. The van der Waals surface area contributed by atoms with Crippen molar-refractivity contribution < 1.29 is 29.3 Å². The first-order valence-electron chi connectivity index (χ1n) is 4.47. The molecule has 0 heterocycles. The number of ether oxygens (including phenoxy) is 1. The van der Waals surface area contributed by atoms with E-state index >= 15 is 0 Å². The second-order valence-electron chi connectivity index (χ2n) is 3.00. The van der Waals surface area contributed by atoms with E-state index in [0.29, 0.717) is 0 Å². The molecule has 0 saturated heterocycles. The summed E-state index contributed by atoms with van der Waals surface area (Å²) in [4.78, 5) is 32.4. The minimum Gasteiger partial charge on any atom is -0.478 e. The first-order chi connectivity index (χ1) is 7.95. The average Bonchev–Trinajstić information content (AvgIpc) is 2.28. The molecule has 1 aromatic carbocycles. The molecule has 17 heavy (non-hydrogen) atoms. The summed E-state index contributed by atoms with van der Waals surface area (Å²) < 4.78 is 4.67. The number of esters is 1. The maximum Gasteiger partial charge on any atom is 0.336 e. The van der Waals surface area contributed by atoms with Crippen molar-refractivity contribution in [3.8, 4) is 5.75 Å². The zero-order chi connectivity index (χ0) is 13.0. The largest absolute Gasteiger partial charge is 0.478 e. The predicted octanol–water partition coefficient (Wildman–Crippen LogP) is -0.0529. The highest BCUT2D eigenvalue weighted by Gasteiger charge is 2.17. The van der Waals surface area contributed by atoms with E-state index in [1.165, 1.54) is 6.07 Å². The molecule has 1 aromatic rings. The molecule has 0 aliphatic heterocycles. The lowest BCUT2D eigenvalue weighted by molar-refractivity contribution is -0.132. The van der Waals surface area contributed by atoms with Crippen molar-refractivity contribution in [2.45, 2.75) is 0 Å². The molecule has 1 rings (SSSR count). The van der Waals surface area contributed by atoms with Gasteiger partial charge in [0.1, 0.15) is 5.75 Å². The minimum absolute atomic E-state index is 0.0668. The lowest BCUT2D eigenvalue weighted by atomic mass is 10.1. The summed E-state index contributed by atoms with van der Waals surface area (Å²) in [5.41, 5.74) is 4.17. The van der Waals surface area contributed by atoms with Crippen molar-refractivity contribution >= 4 is 17.9 Å². The fraction of sp³-hybridized carbons (Fsp3) is 0.100. The van der Waals surface area contributed by atoms with Crippen LogP contribution in [0, 0.1) is 0 Å². The highest BCUT2D eigenvalue weighted by atomic mass is 16.5. The number of hydrogen-bond donors (Lipinski definition) is 3. The van der Waals surface area contributed by atoms with E-state index in [4.69, 9.17) is 15.9 Å². The van der Waals surface area contributed by atoms with Gasteiger partial charge < -0.3 is 20.7 Å². The lowest BCUT2D eigenvalue weighted by Crippen LogP contribution is -2.19. The monoisotopic (exact) mass is 239 g/mol. The summed E-state index contributed by atoms with van der Waals surface area (Å²) in [6.45, 7) is -0.358. The molecule has 0 bridgehead atoms. The Morgan fingerprint density at radius 1 is 1.12 bits per heavy atom. The molecule has 90 valence electrons. The van der Waals surface area contributed by atoms with Gasteiger partial charge in [-0.1, -0.05) is 0 Å². The Hall–Kier alpha value is -2.41. The van der Waals surface area contributed by atoms with Crippen LogP contribution in [0.15, 0.2) is 18.2 Å². The van der Waals surface area contributed by atoms with E-state index in [9.17, 15) is 14.4 Å². The van der Waals surface area contributed by atoms with Gasteiger partial charge in [-0.3, -0.25) is 4.79 Å². The average molecular weight is 239 g/mol. The molecule has 7 heteroatoms. The molecule has 0 radical (unpaired) electrons. The molecule has 0 unspecified atom stereocenters. The summed E-state index contributed by atoms with van der Waals surface area (Å²) in [6, 6.07) is 3.19. The van der Waals surface area contributed by atoms with E-state index in [2.05, 4.69) is 4.74 Å². The van der Waals surface area contributed by atoms with Crippen molar-refractivity contribution in [1.29, 1.82) is 0 Å². The van der Waals surface area contributed by atoms with Gasteiger partial charge >= 0.3 is 17.9 Å². The van der Waals surface area contributed by atoms with Crippen LogP contribution in [0.3, 0.4) is 0 Å². The number of benzene rings is 1. The number of carboxylic acid groups (broad SMARTS) is 2. The predicted molar refractivity (Wildman–Crippen MR) is 55.1 cm³/mol. The molecule has 0 amide bonds. The standard InChI is InChI=1S/C10H9NO6/c11-4-8(12)17-5-1-2-6(9(13)14)7(3-5)10(15)16/h1-3H,4,11H2,(H,13,14)(H,15,16). The minimum atomic E-state index is -1.42. The molecular weight excluding hydrogens is 230 g/mol. The number of carbonyl (C=O) groups is 3. The molecule has 0 aliphatic carbocycles. The summed E-state index contributed by atoms with van der Waals surface area (Å²) in [5.74, 6) is -3.61. The number of carbonyl (C=O) groups excluding carboxylic acids is 1. The molecule has 0 spiro atoms. The fourth-order valence-electron chi connectivity index (χ4n) is 1.12. The zero-order valence-corrected chi connectivity index (χ0v) is 8.54. The summed E-state index contributed by atoms with van der Waals surface area (Å²) in [5, 5.41) is 17.5. The molecule has 0 aliphatic rings. The number of carboxylic acids is 2. The van der Waals surface area contributed by atoms with Gasteiger partial charge in [0.25, 0.3) is 0 Å². The van der Waals surface area contributed by atoms with E-state index in [-0.39, 0.29) is 17.9 Å².